The lowest BCUT2D eigenvalue weighted by atomic mass is 9.99. The molecule has 0 spiro atoms. The van der Waals surface area contributed by atoms with E-state index in [1.807, 2.05) is 11.3 Å². The predicted octanol–water partition coefficient (Wildman–Crippen LogP) is 1.49. The fourth-order valence-electron chi connectivity index (χ4n) is 1.98. The SMILES string of the molecule is NC(CO)Cc1cc2c(s1)CCCC2. The molecule has 78 valence electrons. The highest BCUT2D eigenvalue weighted by Crippen LogP contribution is 2.30. The summed E-state index contributed by atoms with van der Waals surface area (Å²) in [7, 11) is 0. The minimum Gasteiger partial charge on any atom is -0.395 e. The van der Waals surface area contributed by atoms with E-state index in [1.165, 1.54) is 36.1 Å². The van der Waals surface area contributed by atoms with Crippen LogP contribution in [0.15, 0.2) is 6.07 Å². The Morgan fingerprint density at radius 1 is 1.43 bits per heavy atom. The van der Waals surface area contributed by atoms with Crippen LogP contribution in [0.3, 0.4) is 0 Å². The summed E-state index contributed by atoms with van der Waals surface area (Å²) in [6.45, 7) is 0.0859. The number of nitrogens with two attached hydrogens (primary N) is 1. The maximum Gasteiger partial charge on any atom is 0.0586 e. The maximum absolute atomic E-state index is 8.88. The van der Waals surface area contributed by atoms with Crippen molar-refractivity contribution >= 4 is 11.3 Å². The van der Waals surface area contributed by atoms with Gasteiger partial charge in [0.1, 0.15) is 0 Å². The lowest BCUT2D eigenvalue weighted by molar-refractivity contribution is 0.265. The van der Waals surface area contributed by atoms with Crippen molar-refractivity contribution in [1.29, 1.82) is 0 Å². The van der Waals surface area contributed by atoms with Crippen LogP contribution in [-0.2, 0) is 19.3 Å². The third kappa shape index (κ3) is 2.16. The summed E-state index contributed by atoms with van der Waals surface area (Å²) in [5, 5.41) is 8.88. The summed E-state index contributed by atoms with van der Waals surface area (Å²) in [5.74, 6) is 0. The Bertz CT molecular complexity index is 285. The van der Waals surface area contributed by atoms with Crippen LogP contribution < -0.4 is 5.73 Å². The largest absolute Gasteiger partial charge is 0.395 e. The number of aryl methyl sites for hydroxylation is 2. The zero-order chi connectivity index (χ0) is 9.97. The van der Waals surface area contributed by atoms with Gasteiger partial charge in [-0.3, -0.25) is 0 Å². The first-order valence-electron chi connectivity index (χ1n) is 5.26. The lowest BCUT2D eigenvalue weighted by Gasteiger charge is -2.08. The van der Waals surface area contributed by atoms with Crippen molar-refractivity contribution in [3.63, 3.8) is 0 Å². The maximum atomic E-state index is 8.88. The van der Waals surface area contributed by atoms with Crippen LogP contribution >= 0.6 is 11.3 Å². The van der Waals surface area contributed by atoms with E-state index in [0.717, 1.165) is 6.42 Å². The number of hydrogen-bond acceptors (Lipinski definition) is 3. The van der Waals surface area contributed by atoms with Gasteiger partial charge >= 0.3 is 0 Å². The molecule has 1 heterocycles. The van der Waals surface area contributed by atoms with Crippen molar-refractivity contribution in [2.45, 2.75) is 38.1 Å². The summed E-state index contributed by atoms with van der Waals surface area (Å²) >= 11 is 1.89. The van der Waals surface area contributed by atoms with Gasteiger partial charge in [0, 0.05) is 15.8 Å². The van der Waals surface area contributed by atoms with Crippen LogP contribution in [0.1, 0.15) is 28.2 Å². The average Bonchev–Trinajstić information content (AvgIpc) is 2.59. The van der Waals surface area contributed by atoms with Crippen molar-refractivity contribution in [1.82, 2.24) is 0 Å². The standard InChI is InChI=1S/C11H17NOS/c12-9(7-13)6-10-5-8-3-1-2-4-11(8)14-10/h5,9,13H,1-4,6-7,12H2. The third-order valence-electron chi connectivity index (χ3n) is 2.75. The Morgan fingerprint density at radius 2 is 2.21 bits per heavy atom. The predicted molar refractivity (Wildman–Crippen MR) is 59.7 cm³/mol. The topological polar surface area (TPSA) is 46.2 Å². The molecule has 0 radical (unpaired) electrons. The van der Waals surface area contributed by atoms with Gasteiger partial charge in [-0.2, -0.15) is 0 Å². The van der Waals surface area contributed by atoms with Crippen LogP contribution in [0.4, 0.5) is 0 Å². The van der Waals surface area contributed by atoms with Gasteiger partial charge in [0.25, 0.3) is 0 Å². The van der Waals surface area contributed by atoms with Crippen LogP contribution in [0.5, 0.6) is 0 Å². The van der Waals surface area contributed by atoms with Gasteiger partial charge in [0.15, 0.2) is 0 Å². The molecule has 0 fully saturated rings. The molecule has 1 atom stereocenters. The second-order valence-electron chi connectivity index (χ2n) is 4.02. The van der Waals surface area contributed by atoms with Crippen molar-refractivity contribution in [3.05, 3.63) is 21.4 Å². The number of aliphatic hydroxyl groups is 1. The number of fused-ring (bicyclic) bond motifs is 1. The normalized spacial score (nSPS) is 17.9. The van der Waals surface area contributed by atoms with Gasteiger partial charge in [-0.15, -0.1) is 11.3 Å². The highest BCUT2D eigenvalue weighted by molar-refractivity contribution is 7.12. The van der Waals surface area contributed by atoms with Crippen LogP contribution in [-0.4, -0.2) is 17.8 Å². The first-order chi connectivity index (χ1) is 6.79. The molecule has 1 unspecified atom stereocenters. The Balaban J connectivity index is 2.08. The van der Waals surface area contributed by atoms with Crippen LogP contribution in [0.2, 0.25) is 0 Å². The molecule has 0 amide bonds. The summed E-state index contributed by atoms with van der Waals surface area (Å²) in [6, 6.07) is 2.20. The number of rotatable bonds is 3. The Kier molecular flexibility index (Phi) is 3.21. The van der Waals surface area contributed by atoms with E-state index in [1.54, 1.807) is 4.88 Å². The van der Waals surface area contributed by atoms with Crippen molar-refractivity contribution in [3.8, 4) is 0 Å². The highest BCUT2D eigenvalue weighted by atomic mass is 32.1. The Labute approximate surface area is 88.8 Å². The molecule has 0 saturated carbocycles. The van der Waals surface area contributed by atoms with Gasteiger partial charge in [0.05, 0.1) is 6.61 Å². The molecule has 1 aliphatic rings. The third-order valence-corrected chi connectivity index (χ3v) is 4.00. The minimum atomic E-state index is -0.0879. The van der Waals surface area contributed by atoms with E-state index in [4.69, 9.17) is 10.8 Å². The first kappa shape index (κ1) is 10.1. The molecule has 3 heteroatoms. The van der Waals surface area contributed by atoms with Crippen LogP contribution in [0.25, 0.3) is 0 Å². The molecule has 1 aromatic heterocycles. The number of aliphatic hydroxyl groups excluding tert-OH is 1. The molecule has 0 aromatic carbocycles. The van der Waals surface area contributed by atoms with Crippen LogP contribution in [0, 0.1) is 0 Å². The molecule has 14 heavy (non-hydrogen) atoms. The van der Waals surface area contributed by atoms with E-state index in [0.29, 0.717) is 0 Å². The molecule has 3 N–H and O–H groups in total. The quantitative estimate of drug-likeness (QED) is 0.795. The highest BCUT2D eigenvalue weighted by Gasteiger charge is 2.14. The fraction of sp³-hybridized carbons (Fsp3) is 0.636. The first-order valence-corrected chi connectivity index (χ1v) is 6.08. The Hall–Kier alpha value is -0.380. The van der Waals surface area contributed by atoms with Gasteiger partial charge in [-0.05, 0) is 43.7 Å². The van der Waals surface area contributed by atoms with Crippen molar-refractivity contribution in [2.24, 2.45) is 5.73 Å². The van der Waals surface area contributed by atoms with Gasteiger partial charge in [-0.1, -0.05) is 0 Å². The van der Waals surface area contributed by atoms with E-state index in [-0.39, 0.29) is 12.6 Å². The molecule has 0 bridgehead atoms. The molecule has 1 aromatic rings. The van der Waals surface area contributed by atoms with E-state index in [9.17, 15) is 0 Å². The molecule has 0 aliphatic heterocycles. The van der Waals surface area contributed by atoms with E-state index in [2.05, 4.69) is 6.07 Å². The Morgan fingerprint density at radius 3 is 2.93 bits per heavy atom. The van der Waals surface area contributed by atoms with Crippen molar-refractivity contribution in [2.75, 3.05) is 6.61 Å². The molecule has 2 rings (SSSR count). The molecular weight excluding hydrogens is 194 g/mol. The van der Waals surface area contributed by atoms with Crippen molar-refractivity contribution < 1.29 is 5.11 Å². The fourth-order valence-corrected chi connectivity index (χ4v) is 3.33. The number of hydrogen-bond donors (Lipinski definition) is 2. The second-order valence-corrected chi connectivity index (χ2v) is 5.24. The number of thiophene rings is 1. The van der Waals surface area contributed by atoms with E-state index < -0.39 is 0 Å². The molecule has 0 saturated heterocycles. The summed E-state index contributed by atoms with van der Waals surface area (Å²) < 4.78 is 0. The lowest BCUT2D eigenvalue weighted by Crippen LogP contribution is -2.26. The second kappa shape index (κ2) is 4.43. The molecule has 1 aliphatic carbocycles. The summed E-state index contributed by atoms with van der Waals surface area (Å²) in [5.41, 5.74) is 7.25. The van der Waals surface area contributed by atoms with Gasteiger partial charge in [0.2, 0.25) is 0 Å². The monoisotopic (exact) mass is 211 g/mol. The summed E-state index contributed by atoms with van der Waals surface area (Å²) in [6.07, 6.45) is 5.97. The molecular formula is C11H17NOS. The zero-order valence-electron chi connectivity index (χ0n) is 8.33. The van der Waals surface area contributed by atoms with Gasteiger partial charge in [-0.25, -0.2) is 0 Å². The average molecular weight is 211 g/mol. The van der Waals surface area contributed by atoms with E-state index >= 15 is 0 Å². The smallest absolute Gasteiger partial charge is 0.0586 e. The van der Waals surface area contributed by atoms with Gasteiger partial charge < -0.3 is 10.8 Å². The zero-order valence-corrected chi connectivity index (χ0v) is 9.15. The minimum absolute atomic E-state index is 0.0859. The molecule has 2 nitrogen and oxygen atoms in total. The summed E-state index contributed by atoms with van der Waals surface area (Å²) in [4.78, 5) is 2.90.